The molecule has 1 atom stereocenters. The first-order valence-corrected chi connectivity index (χ1v) is 26.4. The fourth-order valence-corrected chi connectivity index (χ4v) is 7.23. The summed E-state index contributed by atoms with van der Waals surface area (Å²) in [6, 6.07) is 0. The van der Waals surface area contributed by atoms with E-state index in [9.17, 15) is 14.4 Å². The van der Waals surface area contributed by atoms with Crippen LogP contribution in [-0.4, -0.2) is 37.2 Å². The molecule has 0 aromatic heterocycles. The molecule has 0 saturated carbocycles. The van der Waals surface area contributed by atoms with E-state index in [4.69, 9.17) is 14.2 Å². The van der Waals surface area contributed by atoms with Crippen LogP contribution in [0.3, 0.4) is 0 Å². The Morgan fingerprint density at radius 2 is 0.619 bits per heavy atom. The first-order chi connectivity index (χ1) is 31.0. The lowest BCUT2D eigenvalue weighted by Gasteiger charge is -2.18. The highest BCUT2D eigenvalue weighted by Gasteiger charge is 2.19. The monoisotopic (exact) mass is 879 g/mol. The summed E-state index contributed by atoms with van der Waals surface area (Å²) in [6.07, 6.45) is 64.6. The quantitative estimate of drug-likeness (QED) is 0.0262. The highest BCUT2D eigenvalue weighted by Crippen LogP contribution is 2.14. The maximum absolute atomic E-state index is 12.8. The van der Waals surface area contributed by atoms with Crippen molar-refractivity contribution in [2.24, 2.45) is 0 Å². The Hall–Kier alpha value is -3.15. The molecular formula is C57H98O6. The number of carbonyl (C=O) groups is 3. The lowest BCUT2D eigenvalue weighted by atomic mass is 10.1. The van der Waals surface area contributed by atoms with Gasteiger partial charge in [0.15, 0.2) is 6.10 Å². The number of hydrogen-bond donors (Lipinski definition) is 0. The van der Waals surface area contributed by atoms with Crippen LogP contribution in [0.2, 0.25) is 0 Å². The van der Waals surface area contributed by atoms with E-state index in [1.54, 1.807) is 0 Å². The van der Waals surface area contributed by atoms with Crippen molar-refractivity contribution in [3.05, 3.63) is 72.9 Å². The molecule has 6 heteroatoms. The van der Waals surface area contributed by atoms with Crippen molar-refractivity contribution in [1.29, 1.82) is 0 Å². The van der Waals surface area contributed by atoms with Gasteiger partial charge in [-0.3, -0.25) is 14.4 Å². The van der Waals surface area contributed by atoms with Gasteiger partial charge in [0, 0.05) is 19.3 Å². The Labute approximate surface area is 389 Å². The Morgan fingerprint density at radius 1 is 0.333 bits per heavy atom. The van der Waals surface area contributed by atoms with E-state index in [0.717, 1.165) is 116 Å². The highest BCUT2D eigenvalue weighted by atomic mass is 16.6. The number of carbonyl (C=O) groups excluding carboxylic acids is 3. The fraction of sp³-hybridized carbons (Fsp3) is 0.737. The topological polar surface area (TPSA) is 78.9 Å². The Bertz CT molecular complexity index is 1190. The Kier molecular flexibility index (Phi) is 48.9. The van der Waals surface area contributed by atoms with E-state index >= 15 is 0 Å². The minimum atomic E-state index is -0.783. The molecule has 0 amide bonds. The second kappa shape index (κ2) is 51.5. The van der Waals surface area contributed by atoms with E-state index < -0.39 is 6.10 Å². The summed E-state index contributed by atoms with van der Waals surface area (Å²) in [7, 11) is 0. The molecule has 0 aliphatic heterocycles. The predicted molar refractivity (Wildman–Crippen MR) is 270 cm³/mol. The molecule has 0 fully saturated rings. The van der Waals surface area contributed by atoms with Crippen LogP contribution < -0.4 is 0 Å². The minimum absolute atomic E-state index is 0.0825. The van der Waals surface area contributed by atoms with Crippen LogP contribution >= 0.6 is 0 Å². The van der Waals surface area contributed by atoms with Crippen LogP contribution in [0.25, 0.3) is 0 Å². The van der Waals surface area contributed by atoms with Gasteiger partial charge in [-0.2, -0.15) is 0 Å². The van der Waals surface area contributed by atoms with Crippen molar-refractivity contribution >= 4 is 17.9 Å². The van der Waals surface area contributed by atoms with E-state index in [-0.39, 0.29) is 31.1 Å². The van der Waals surface area contributed by atoms with Crippen molar-refractivity contribution in [2.75, 3.05) is 13.2 Å². The van der Waals surface area contributed by atoms with Gasteiger partial charge in [0.1, 0.15) is 13.2 Å². The van der Waals surface area contributed by atoms with Gasteiger partial charge in [0.25, 0.3) is 0 Å². The third-order valence-corrected chi connectivity index (χ3v) is 11.2. The van der Waals surface area contributed by atoms with Crippen LogP contribution in [0, 0.1) is 0 Å². The van der Waals surface area contributed by atoms with Gasteiger partial charge in [-0.1, -0.05) is 216 Å². The number of hydrogen-bond acceptors (Lipinski definition) is 6. The lowest BCUT2D eigenvalue weighted by Crippen LogP contribution is -2.30. The zero-order valence-electron chi connectivity index (χ0n) is 41.3. The Balaban J connectivity index is 4.32. The molecule has 63 heavy (non-hydrogen) atoms. The molecule has 0 radical (unpaired) electrons. The lowest BCUT2D eigenvalue weighted by molar-refractivity contribution is -0.167. The molecule has 1 unspecified atom stereocenters. The Morgan fingerprint density at radius 3 is 1.00 bits per heavy atom. The maximum Gasteiger partial charge on any atom is 0.306 e. The van der Waals surface area contributed by atoms with Gasteiger partial charge in [-0.25, -0.2) is 0 Å². The molecule has 0 aliphatic carbocycles. The molecule has 0 N–H and O–H groups in total. The summed E-state index contributed by atoms with van der Waals surface area (Å²) in [5.74, 6) is -0.905. The highest BCUT2D eigenvalue weighted by molar-refractivity contribution is 5.71. The molecule has 0 aliphatic rings. The van der Waals surface area contributed by atoms with Gasteiger partial charge in [0.2, 0.25) is 0 Å². The van der Waals surface area contributed by atoms with E-state index in [1.165, 1.54) is 96.3 Å². The average Bonchev–Trinajstić information content (AvgIpc) is 3.28. The molecular weight excluding hydrogens is 781 g/mol. The van der Waals surface area contributed by atoms with Crippen molar-refractivity contribution in [1.82, 2.24) is 0 Å². The third-order valence-electron chi connectivity index (χ3n) is 11.2. The van der Waals surface area contributed by atoms with Crippen LogP contribution in [0.4, 0.5) is 0 Å². The smallest absolute Gasteiger partial charge is 0.306 e. The van der Waals surface area contributed by atoms with E-state index in [1.807, 2.05) is 0 Å². The SMILES string of the molecule is CC/C=C\C/C=C\C/C=C\C/C=C\CCCCCCCCCCC(=O)OCC(COC(=O)CCCCCCCCCCC)OC(=O)CCCCCCC/C=C\C/C=C\CCCCC. The molecule has 0 aromatic rings. The summed E-state index contributed by atoms with van der Waals surface area (Å²) in [5, 5.41) is 0. The van der Waals surface area contributed by atoms with Crippen molar-refractivity contribution < 1.29 is 28.6 Å². The molecule has 0 bridgehead atoms. The molecule has 362 valence electrons. The van der Waals surface area contributed by atoms with E-state index in [2.05, 4.69) is 93.7 Å². The zero-order chi connectivity index (χ0) is 45.8. The molecule has 0 spiro atoms. The first kappa shape index (κ1) is 59.9. The summed E-state index contributed by atoms with van der Waals surface area (Å²) < 4.78 is 16.8. The molecule has 0 heterocycles. The standard InChI is InChI=1S/C57H98O6/c1-4-7-10-13-16-19-21-23-25-26-27-28-29-30-32-33-35-38-41-44-47-50-56(59)62-53-54(52-61-55(58)49-46-43-40-37-18-15-12-9-6-3)63-57(60)51-48-45-42-39-36-34-31-24-22-20-17-14-11-8-5-2/h7,10,16-17,19-20,23-25,27-28,31,54H,4-6,8-9,11-15,18,21-22,26,29-30,32-53H2,1-3H3/b10-7-,19-16-,20-17-,25-23-,28-27-,31-24-. The molecule has 0 aromatic carbocycles. The molecule has 6 nitrogen and oxygen atoms in total. The van der Waals surface area contributed by atoms with Crippen LogP contribution in [0.5, 0.6) is 0 Å². The second-order valence-corrected chi connectivity index (χ2v) is 17.4. The van der Waals surface area contributed by atoms with Crippen LogP contribution in [0.15, 0.2) is 72.9 Å². The van der Waals surface area contributed by atoms with Gasteiger partial charge in [-0.05, 0) is 89.9 Å². The predicted octanol–water partition coefficient (Wildman–Crippen LogP) is 17.4. The molecule has 0 saturated heterocycles. The van der Waals surface area contributed by atoms with Crippen LogP contribution in [-0.2, 0) is 28.6 Å². The van der Waals surface area contributed by atoms with Crippen molar-refractivity contribution in [3.63, 3.8) is 0 Å². The molecule has 0 rings (SSSR count). The minimum Gasteiger partial charge on any atom is -0.462 e. The summed E-state index contributed by atoms with van der Waals surface area (Å²) in [4.78, 5) is 37.9. The second-order valence-electron chi connectivity index (χ2n) is 17.4. The van der Waals surface area contributed by atoms with Crippen molar-refractivity contribution in [2.45, 2.75) is 258 Å². The van der Waals surface area contributed by atoms with Gasteiger partial charge in [-0.15, -0.1) is 0 Å². The van der Waals surface area contributed by atoms with Gasteiger partial charge < -0.3 is 14.2 Å². The summed E-state index contributed by atoms with van der Waals surface area (Å²) in [5.41, 5.74) is 0. The van der Waals surface area contributed by atoms with E-state index in [0.29, 0.717) is 19.3 Å². The van der Waals surface area contributed by atoms with Crippen LogP contribution in [0.1, 0.15) is 252 Å². The number of unbranched alkanes of at least 4 members (excludes halogenated alkanes) is 24. The zero-order valence-corrected chi connectivity index (χ0v) is 41.3. The number of rotatable bonds is 47. The normalized spacial score (nSPS) is 12.6. The summed E-state index contributed by atoms with van der Waals surface area (Å²) in [6.45, 7) is 6.46. The fourth-order valence-electron chi connectivity index (χ4n) is 7.23. The first-order valence-electron chi connectivity index (χ1n) is 26.4. The summed E-state index contributed by atoms with van der Waals surface area (Å²) >= 11 is 0. The average molecular weight is 879 g/mol. The number of allylic oxidation sites excluding steroid dienone is 12. The number of esters is 3. The third kappa shape index (κ3) is 49.7. The number of ether oxygens (including phenoxy) is 3. The van der Waals surface area contributed by atoms with Crippen molar-refractivity contribution in [3.8, 4) is 0 Å². The van der Waals surface area contributed by atoms with Gasteiger partial charge >= 0.3 is 17.9 Å². The largest absolute Gasteiger partial charge is 0.462 e. The maximum atomic E-state index is 12.8. The van der Waals surface area contributed by atoms with Gasteiger partial charge in [0.05, 0.1) is 0 Å².